The Hall–Kier alpha value is -4.59. The molecule has 5 nitrogen and oxygen atoms in total. The molecular formula is C38H30NiO5P2. The number of rotatable bonds is 6. The van der Waals surface area contributed by atoms with Crippen LogP contribution in [0.15, 0.2) is 182 Å². The molecule has 6 rings (SSSR count). The fraction of sp³-hybridized carbons (Fsp3) is 0. The maximum atomic E-state index is 9.06. The summed E-state index contributed by atoms with van der Waals surface area (Å²) >= 11 is 0. The van der Waals surface area contributed by atoms with Crippen LogP contribution in [-0.4, -0.2) is 12.3 Å². The molecule has 0 radical (unpaired) electrons. The Morgan fingerprint density at radius 3 is 0.609 bits per heavy atom. The summed E-state index contributed by atoms with van der Waals surface area (Å²) in [6.45, 7) is 0. The molecule has 0 aliphatic carbocycles. The van der Waals surface area contributed by atoms with E-state index in [1.807, 2.05) is 0 Å². The van der Waals surface area contributed by atoms with Crippen LogP contribution < -0.4 is 42.0 Å². The molecule has 0 bridgehead atoms. The van der Waals surface area contributed by atoms with Gasteiger partial charge in [0.15, 0.2) is 0 Å². The first-order chi connectivity index (χ1) is 22.0. The maximum Gasteiger partial charge on any atom is 2.00 e. The van der Waals surface area contributed by atoms with Crippen LogP contribution in [0.2, 0.25) is 0 Å². The summed E-state index contributed by atoms with van der Waals surface area (Å²) in [6.07, 6.45) is -4.25. The number of carboxylic acid groups (broad SMARTS) is 2. The van der Waals surface area contributed by atoms with Gasteiger partial charge in [-0.25, -0.2) is 0 Å². The van der Waals surface area contributed by atoms with Crippen LogP contribution in [0.5, 0.6) is 0 Å². The Balaban J connectivity index is 0.000000205. The summed E-state index contributed by atoms with van der Waals surface area (Å²) in [4.78, 5) is 18.1. The smallest absolute Gasteiger partial charge is 0.483 e. The zero-order valence-electron chi connectivity index (χ0n) is 24.6. The molecule has 8 heteroatoms. The minimum Gasteiger partial charge on any atom is -0.483 e. The van der Waals surface area contributed by atoms with Crippen molar-refractivity contribution in [1.29, 1.82) is 0 Å². The monoisotopic (exact) mass is 686 g/mol. The summed E-state index contributed by atoms with van der Waals surface area (Å²) in [5.74, 6) is 0. The van der Waals surface area contributed by atoms with Crippen LogP contribution in [0.4, 0.5) is 9.59 Å². The Labute approximate surface area is 282 Å². The second-order valence-corrected chi connectivity index (χ2v) is 13.7. The number of hydrogen-bond donors (Lipinski definition) is 0. The second kappa shape index (κ2) is 19.7. The molecule has 6 aromatic carbocycles. The van der Waals surface area contributed by atoms with Crippen molar-refractivity contribution in [3.63, 3.8) is 0 Å². The molecule has 0 N–H and O–H groups in total. The fourth-order valence-corrected chi connectivity index (χ4v) is 9.04. The SMILES string of the molecule is O=C([O-])OC(=O)[O-].[Ni+2].c1ccc(P(c2ccccc2)c2ccccc2)cc1.c1ccc(P(c2ccccc2)c2ccccc2)cc1. The van der Waals surface area contributed by atoms with Gasteiger partial charge >= 0.3 is 16.5 Å². The Morgan fingerprint density at radius 1 is 0.348 bits per heavy atom. The summed E-state index contributed by atoms with van der Waals surface area (Å²) in [5.41, 5.74) is 0. The van der Waals surface area contributed by atoms with Crippen molar-refractivity contribution < 1.29 is 41.0 Å². The molecule has 0 fully saturated rings. The van der Waals surface area contributed by atoms with Gasteiger partial charge in [-0.05, 0) is 47.7 Å². The largest absolute Gasteiger partial charge is 2.00 e. The van der Waals surface area contributed by atoms with Crippen molar-refractivity contribution in [3.05, 3.63) is 182 Å². The molecular weight excluding hydrogens is 657 g/mol. The molecule has 0 saturated carbocycles. The van der Waals surface area contributed by atoms with Crippen LogP contribution >= 0.6 is 15.8 Å². The number of carbonyl (C=O) groups is 2. The van der Waals surface area contributed by atoms with Crippen molar-refractivity contribution in [3.8, 4) is 0 Å². The van der Waals surface area contributed by atoms with Crippen LogP contribution in [-0.2, 0) is 21.2 Å². The van der Waals surface area contributed by atoms with E-state index in [0.717, 1.165) is 0 Å². The molecule has 0 aliphatic heterocycles. The molecule has 0 aromatic heterocycles. The Kier molecular flexibility index (Phi) is 15.4. The number of ether oxygens (including phenoxy) is 1. The van der Waals surface area contributed by atoms with Crippen molar-refractivity contribution >= 4 is 60.0 Å². The van der Waals surface area contributed by atoms with Crippen molar-refractivity contribution in [2.24, 2.45) is 0 Å². The number of hydrogen-bond acceptors (Lipinski definition) is 5. The normalized spacial score (nSPS) is 9.87. The van der Waals surface area contributed by atoms with Crippen LogP contribution in [0.3, 0.4) is 0 Å². The molecule has 0 saturated heterocycles. The molecule has 46 heavy (non-hydrogen) atoms. The van der Waals surface area contributed by atoms with Crippen LogP contribution in [0, 0.1) is 0 Å². The third-order valence-corrected chi connectivity index (χ3v) is 11.1. The average molecular weight is 687 g/mol. The molecule has 0 heterocycles. The van der Waals surface area contributed by atoms with E-state index in [0.29, 0.717) is 0 Å². The minimum absolute atomic E-state index is 0. The van der Waals surface area contributed by atoms with Gasteiger partial charge in [-0.2, -0.15) is 0 Å². The van der Waals surface area contributed by atoms with E-state index in [9.17, 15) is 0 Å². The third kappa shape index (κ3) is 11.4. The van der Waals surface area contributed by atoms with E-state index >= 15 is 0 Å². The molecule has 0 spiro atoms. The topological polar surface area (TPSA) is 89.5 Å². The van der Waals surface area contributed by atoms with Crippen LogP contribution in [0.1, 0.15) is 0 Å². The van der Waals surface area contributed by atoms with Gasteiger partial charge < -0.3 is 24.5 Å². The van der Waals surface area contributed by atoms with Crippen molar-refractivity contribution in [2.75, 3.05) is 0 Å². The third-order valence-electron chi connectivity index (χ3n) is 6.25. The zero-order chi connectivity index (χ0) is 31.7. The van der Waals surface area contributed by atoms with E-state index in [-0.39, 0.29) is 16.5 Å². The van der Waals surface area contributed by atoms with Gasteiger partial charge in [0.1, 0.15) is 0 Å². The molecule has 6 aromatic rings. The van der Waals surface area contributed by atoms with Gasteiger partial charge in [0.05, 0.1) is 0 Å². The van der Waals surface area contributed by atoms with Crippen LogP contribution in [0.25, 0.3) is 0 Å². The summed E-state index contributed by atoms with van der Waals surface area (Å²) < 4.78 is 2.86. The maximum absolute atomic E-state index is 9.06. The summed E-state index contributed by atoms with van der Waals surface area (Å²) in [6, 6.07) is 64.7. The molecule has 0 amide bonds. The molecule has 0 unspecified atom stereocenters. The van der Waals surface area contributed by atoms with E-state index in [2.05, 4.69) is 187 Å². The van der Waals surface area contributed by atoms with E-state index < -0.39 is 28.2 Å². The Morgan fingerprint density at radius 2 is 0.500 bits per heavy atom. The van der Waals surface area contributed by atoms with Gasteiger partial charge in [0.25, 0.3) is 12.3 Å². The number of benzene rings is 6. The first-order valence-electron chi connectivity index (χ1n) is 14.0. The summed E-state index contributed by atoms with van der Waals surface area (Å²) in [5, 5.41) is 26.5. The molecule has 0 aliphatic rings. The fourth-order valence-electron chi connectivity index (χ4n) is 4.42. The first-order valence-corrected chi connectivity index (χ1v) is 16.7. The summed E-state index contributed by atoms with van der Waals surface area (Å²) in [7, 11) is -0.892. The van der Waals surface area contributed by atoms with Gasteiger partial charge in [-0.3, -0.25) is 0 Å². The zero-order valence-corrected chi connectivity index (χ0v) is 27.3. The van der Waals surface area contributed by atoms with Gasteiger partial charge in [-0.15, -0.1) is 0 Å². The molecule has 0 atom stereocenters. The molecule has 232 valence electrons. The number of carbonyl (C=O) groups excluding carboxylic acids is 2. The first kappa shape index (κ1) is 35.9. The standard InChI is InChI=1S/2C18H15P.C2H2O5.Ni/c2*1-4-10-16(11-5-1)19(17-12-6-2-7-13-17)18-14-8-3-9-15-18;3-1(4)7-2(5)6;/h2*1-15H;(H,3,4)(H,5,6);/q;;;+2/p-2. The predicted molar refractivity (Wildman–Crippen MR) is 182 cm³/mol. The van der Waals surface area contributed by atoms with E-state index in [1.165, 1.54) is 31.8 Å². The quantitative estimate of drug-likeness (QED) is 0.111. The van der Waals surface area contributed by atoms with E-state index in [4.69, 9.17) is 19.8 Å². The second-order valence-electron chi connectivity index (χ2n) is 9.29. The Bertz CT molecular complexity index is 1390. The average Bonchev–Trinajstić information content (AvgIpc) is 3.08. The van der Waals surface area contributed by atoms with Crippen molar-refractivity contribution in [1.82, 2.24) is 0 Å². The van der Waals surface area contributed by atoms with Gasteiger partial charge in [-0.1, -0.05) is 182 Å². The minimum atomic E-state index is -2.12. The van der Waals surface area contributed by atoms with Crippen molar-refractivity contribution in [2.45, 2.75) is 0 Å². The van der Waals surface area contributed by atoms with Gasteiger partial charge in [0, 0.05) is 0 Å². The predicted octanol–water partition coefficient (Wildman–Crippen LogP) is 4.58. The van der Waals surface area contributed by atoms with Gasteiger partial charge in [0.2, 0.25) is 0 Å². The van der Waals surface area contributed by atoms with E-state index in [1.54, 1.807) is 0 Å².